The minimum absolute atomic E-state index is 0.0671. The van der Waals surface area contributed by atoms with Gasteiger partial charge in [0.05, 0.1) is 0 Å². The second-order valence-corrected chi connectivity index (χ2v) is 3.93. The first-order valence-electron chi connectivity index (χ1n) is 5.11. The zero-order chi connectivity index (χ0) is 11.8. The quantitative estimate of drug-likeness (QED) is 0.751. The number of carbonyl (C=O) groups excluding carboxylic acids is 1. The molecule has 82 valence electrons. The van der Waals surface area contributed by atoms with Crippen molar-refractivity contribution in [3.05, 3.63) is 35.4 Å². The first-order chi connectivity index (χ1) is 7.54. The molecule has 0 saturated carbocycles. The Balaban J connectivity index is 2.61. The van der Waals surface area contributed by atoms with Crippen molar-refractivity contribution in [3.63, 3.8) is 0 Å². The Morgan fingerprint density at radius 1 is 1.25 bits per heavy atom. The van der Waals surface area contributed by atoms with Crippen LogP contribution >= 0.6 is 0 Å². The Labute approximate surface area is 94.2 Å². The van der Waals surface area contributed by atoms with Gasteiger partial charge >= 0.3 is 0 Å². The normalized spacial score (nSPS) is 22.7. The molecule has 4 heteroatoms. The van der Waals surface area contributed by atoms with Crippen LogP contribution in [0.4, 0.5) is 0 Å². The van der Waals surface area contributed by atoms with Crippen LogP contribution in [-0.4, -0.2) is 22.0 Å². The van der Waals surface area contributed by atoms with Crippen molar-refractivity contribution in [3.8, 4) is 0 Å². The summed E-state index contributed by atoms with van der Waals surface area (Å²) in [5.41, 5.74) is 0.689. The zero-order valence-electron chi connectivity index (χ0n) is 9.56. The molecule has 2 rings (SSSR count). The molecule has 0 aliphatic carbocycles. The van der Waals surface area contributed by atoms with Gasteiger partial charge < -0.3 is 0 Å². The molecule has 1 aliphatic heterocycles. The van der Waals surface area contributed by atoms with E-state index in [1.165, 1.54) is 6.92 Å². The average Bonchev–Trinajstić information content (AvgIpc) is 2.65. The lowest BCUT2D eigenvalue weighted by Gasteiger charge is -2.19. The van der Waals surface area contributed by atoms with Crippen LogP contribution in [-0.2, 0) is 10.3 Å². The molecule has 2 heterocycles. The number of ketones is 1. The van der Waals surface area contributed by atoms with Gasteiger partial charge in [0.2, 0.25) is 0 Å². The van der Waals surface area contributed by atoms with Crippen LogP contribution in [0.2, 0.25) is 0 Å². The van der Waals surface area contributed by atoms with E-state index in [0.29, 0.717) is 5.82 Å². The molecule has 0 saturated heterocycles. The molecule has 4 nitrogen and oxygen atoms in total. The van der Waals surface area contributed by atoms with Gasteiger partial charge in [-0.25, -0.2) is 9.97 Å². The standard InChI is InChI=1S/C12H13N3O/c1-8-7-9(2)15-11(14-8)12(10(3)16)5-4-6-13-12/h4-7H,1-3H3. The number of aliphatic imine (C=N–C) groups is 1. The third-order valence-corrected chi connectivity index (χ3v) is 2.56. The number of hydrogen-bond acceptors (Lipinski definition) is 4. The molecule has 1 aromatic rings. The second kappa shape index (κ2) is 3.63. The topological polar surface area (TPSA) is 55.2 Å². The van der Waals surface area contributed by atoms with E-state index in [-0.39, 0.29) is 5.78 Å². The van der Waals surface area contributed by atoms with Gasteiger partial charge in [-0.1, -0.05) is 0 Å². The number of aromatic nitrogens is 2. The Kier molecular flexibility index (Phi) is 2.42. The molecule has 0 bridgehead atoms. The Morgan fingerprint density at radius 2 is 1.88 bits per heavy atom. The van der Waals surface area contributed by atoms with E-state index in [1.54, 1.807) is 18.4 Å². The minimum atomic E-state index is -1.00. The molecule has 0 N–H and O–H groups in total. The predicted molar refractivity (Wildman–Crippen MR) is 61.5 cm³/mol. The van der Waals surface area contributed by atoms with Crippen LogP contribution < -0.4 is 0 Å². The number of allylic oxidation sites excluding steroid dienone is 1. The second-order valence-electron chi connectivity index (χ2n) is 3.93. The van der Waals surface area contributed by atoms with Crippen molar-refractivity contribution in [2.75, 3.05) is 0 Å². The summed E-state index contributed by atoms with van der Waals surface area (Å²) >= 11 is 0. The molecular weight excluding hydrogens is 202 g/mol. The van der Waals surface area contributed by atoms with Gasteiger partial charge in [0, 0.05) is 17.6 Å². The van der Waals surface area contributed by atoms with Crippen LogP contribution in [0.1, 0.15) is 24.1 Å². The highest BCUT2D eigenvalue weighted by Crippen LogP contribution is 2.28. The smallest absolute Gasteiger partial charge is 0.196 e. The van der Waals surface area contributed by atoms with Crippen molar-refractivity contribution < 1.29 is 4.79 Å². The minimum Gasteiger partial charge on any atom is -0.296 e. The van der Waals surface area contributed by atoms with Gasteiger partial charge in [-0.2, -0.15) is 0 Å². The van der Waals surface area contributed by atoms with E-state index in [4.69, 9.17) is 0 Å². The maximum atomic E-state index is 11.7. The van der Waals surface area contributed by atoms with E-state index >= 15 is 0 Å². The van der Waals surface area contributed by atoms with Crippen LogP contribution in [0.25, 0.3) is 0 Å². The summed E-state index contributed by atoms with van der Waals surface area (Å²) in [7, 11) is 0. The Morgan fingerprint density at radius 3 is 2.31 bits per heavy atom. The number of nitrogens with zero attached hydrogens (tertiary/aromatic N) is 3. The molecule has 1 aliphatic rings. The van der Waals surface area contributed by atoms with Gasteiger partial charge in [-0.05, 0) is 39.0 Å². The fourth-order valence-electron chi connectivity index (χ4n) is 1.78. The van der Waals surface area contributed by atoms with Crippen LogP contribution in [0.3, 0.4) is 0 Å². The lowest BCUT2D eigenvalue weighted by Crippen LogP contribution is -2.31. The van der Waals surface area contributed by atoms with Crippen molar-refractivity contribution in [2.45, 2.75) is 26.3 Å². The molecule has 0 aromatic carbocycles. The van der Waals surface area contributed by atoms with Gasteiger partial charge in [-0.3, -0.25) is 9.79 Å². The third-order valence-electron chi connectivity index (χ3n) is 2.56. The number of Topliss-reactive ketones (excluding diaryl/α,β-unsaturated/α-hetero) is 1. The largest absolute Gasteiger partial charge is 0.296 e. The van der Waals surface area contributed by atoms with Crippen molar-refractivity contribution in [1.29, 1.82) is 0 Å². The number of carbonyl (C=O) groups is 1. The van der Waals surface area contributed by atoms with E-state index in [9.17, 15) is 4.79 Å². The summed E-state index contributed by atoms with van der Waals surface area (Å²) in [6.45, 7) is 5.27. The first-order valence-corrected chi connectivity index (χ1v) is 5.11. The number of aryl methyl sites for hydroxylation is 2. The molecule has 1 aromatic heterocycles. The third kappa shape index (κ3) is 1.56. The summed E-state index contributed by atoms with van der Waals surface area (Å²) in [5.74, 6) is 0.394. The lowest BCUT2D eigenvalue weighted by molar-refractivity contribution is -0.120. The van der Waals surface area contributed by atoms with Gasteiger partial charge in [0.15, 0.2) is 17.1 Å². The zero-order valence-corrected chi connectivity index (χ0v) is 9.56. The molecular formula is C12H13N3O. The fourth-order valence-corrected chi connectivity index (χ4v) is 1.78. The maximum absolute atomic E-state index is 11.7. The summed E-state index contributed by atoms with van der Waals surface area (Å²) in [5, 5.41) is 0. The van der Waals surface area contributed by atoms with Crippen molar-refractivity contribution in [1.82, 2.24) is 9.97 Å². The van der Waals surface area contributed by atoms with E-state index < -0.39 is 5.54 Å². The van der Waals surface area contributed by atoms with Crippen LogP contribution in [0, 0.1) is 13.8 Å². The summed E-state index contributed by atoms with van der Waals surface area (Å²) in [6, 6.07) is 1.87. The van der Waals surface area contributed by atoms with Crippen molar-refractivity contribution >= 4 is 12.0 Å². The highest BCUT2D eigenvalue weighted by atomic mass is 16.1. The molecule has 0 radical (unpaired) electrons. The van der Waals surface area contributed by atoms with E-state index in [0.717, 1.165) is 11.4 Å². The molecule has 0 fully saturated rings. The Hall–Kier alpha value is -1.84. The monoisotopic (exact) mass is 215 g/mol. The molecule has 0 spiro atoms. The average molecular weight is 215 g/mol. The maximum Gasteiger partial charge on any atom is 0.196 e. The van der Waals surface area contributed by atoms with Crippen molar-refractivity contribution in [2.24, 2.45) is 4.99 Å². The van der Waals surface area contributed by atoms with Gasteiger partial charge in [0.1, 0.15) is 0 Å². The van der Waals surface area contributed by atoms with Gasteiger partial charge in [-0.15, -0.1) is 0 Å². The van der Waals surface area contributed by atoms with Crippen LogP contribution in [0.5, 0.6) is 0 Å². The van der Waals surface area contributed by atoms with Crippen LogP contribution in [0.15, 0.2) is 23.2 Å². The molecule has 1 unspecified atom stereocenters. The molecule has 0 amide bonds. The first kappa shape index (κ1) is 10.7. The Bertz CT molecular complexity index is 471. The summed E-state index contributed by atoms with van der Waals surface area (Å²) in [6.07, 6.45) is 5.11. The van der Waals surface area contributed by atoms with Gasteiger partial charge in [0.25, 0.3) is 0 Å². The fraction of sp³-hybridized carbons (Fsp3) is 0.333. The molecule has 16 heavy (non-hydrogen) atoms. The molecule has 1 atom stereocenters. The highest BCUT2D eigenvalue weighted by Gasteiger charge is 2.38. The van der Waals surface area contributed by atoms with E-state index in [2.05, 4.69) is 15.0 Å². The van der Waals surface area contributed by atoms with E-state index in [1.807, 2.05) is 19.9 Å². The number of rotatable bonds is 2. The predicted octanol–water partition coefficient (Wildman–Crippen LogP) is 1.52. The SMILES string of the molecule is CC(=O)C1(c2nc(C)cc(C)n2)C=CC=N1. The number of hydrogen-bond donors (Lipinski definition) is 0. The lowest BCUT2D eigenvalue weighted by atomic mass is 9.95. The highest BCUT2D eigenvalue weighted by molar-refractivity contribution is 5.94. The summed E-state index contributed by atoms with van der Waals surface area (Å²) < 4.78 is 0. The summed E-state index contributed by atoms with van der Waals surface area (Å²) in [4.78, 5) is 24.6.